The van der Waals surface area contributed by atoms with Crippen molar-refractivity contribution in [1.29, 1.82) is 0 Å². The quantitative estimate of drug-likeness (QED) is 0.847. The first kappa shape index (κ1) is 13.1. The van der Waals surface area contributed by atoms with Crippen molar-refractivity contribution in [2.75, 3.05) is 6.54 Å². The molecular weight excluding hydrogens is 222 g/mol. The second-order valence-electron chi connectivity index (χ2n) is 5.44. The van der Waals surface area contributed by atoms with Crippen LogP contribution in [0.25, 0.3) is 0 Å². The summed E-state index contributed by atoms with van der Waals surface area (Å²) in [5.41, 5.74) is 2.51. The third-order valence-corrected chi connectivity index (χ3v) is 3.82. The standard InChI is InChI=1S/C16H23NO/c1-13-6-8-14(9-7-13)10-11-16(18)17-12-15-4-2-3-5-15/h6-9,15H,2-5,10-12H2,1H3,(H,17,18). The van der Waals surface area contributed by atoms with Gasteiger partial charge < -0.3 is 5.32 Å². The highest BCUT2D eigenvalue weighted by Gasteiger charge is 2.15. The molecule has 98 valence electrons. The van der Waals surface area contributed by atoms with Gasteiger partial charge in [0.25, 0.3) is 0 Å². The second-order valence-corrected chi connectivity index (χ2v) is 5.44. The molecule has 0 atom stereocenters. The zero-order valence-corrected chi connectivity index (χ0v) is 11.2. The molecule has 0 spiro atoms. The van der Waals surface area contributed by atoms with Crippen molar-refractivity contribution in [3.63, 3.8) is 0 Å². The molecule has 1 aromatic rings. The van der Waals surface area contributed by atoms with E-state index in [1.54, 1.807) is 0 Å². The molecule has 18 heavy (non-hydrogen) atoms. The number of nitrogens with one attached hydrogen (secondary N) is 1. The monoisotopic (exact) mass is 245 g/mol. The number of aryl methyl sites for hydroxylation is 2. The Bertz CT molecular complexity index is 377. The number of carbonyl (C=O) groups is 1. The van der Waals surface area contributed by atoms with E-state index in [2.05, 4.69) is 36.5 Å². The van der Waals surface area contributed by atoms with Crippen molar-refractivity contribution in [3.05, 3.63) is 35.4 Å². The maximum absolute atomic E-state index is 11.7. The zero-order chi connectivity index (χ0) is 12.8. The minimum absolute atomic E-state index is 0.197. The molecule has 2 nitrogen and oxygen atoms in total. The van der Waals surface area contributed by atoms with Crippen molar-refractivity contribution in [1.82, 2.24) is 5.32 Å². The van der Waals surface area contributed by atoms with Crippen molar-refractivity contribution < 1.29 is 4.79 Å². The van der Waals surface area contributed by atoms with Crippen LogP contribution in [-0.4, -0.2) is 12.5 Å². The molecule has 0 aliphatic heterocycles. The number of hydrogen-bond acceptors (Lipinski definition) is 1. The molecule has 0 heterocycles. The van der Waals surface area contributed by atoms with Gasteiger partial charge in [-0.25, -0.2) is 0 Å². The van der Waals surface area contributed by atoms with E-state index in [1.807, 2.05) is 0 Å². The van der Waals surface area contributed by atoms with Gasteiger partial charge >= 0.3 is 0 Å². The van der Waals surface area contributed by atoms with Crippen LogP contribution in [0, 0.1) is 12.8 Å². The van der Waals surface area contributed by atoms with Crippen molar-refractivity contribution >= 4 is 5.91 Å². The van der Waals surface area contributed by atoms with E-state index in [9.17, 15) is 4.79 Å². The van der Waals surface area contributed by atoms with Gasteiger partial charge in [-0.2, -0.15) is 0 Å². The average Bonchev–Trinajstić information content (AvgIpc) is 2.89. The molecule has 1 aromatic carbocycles. The predicted molar refractivity (Wildman–Crippen MR) is 74.5 cm³/mol. The molecule has 0 unspecified atom stereocenters. The normalized spacial score (nSPS) is 15.8. The fourth-order valence-electron chi connectivity index (χ4n) is 2.57. The van der Waals surface area contributed by atoms with E-state index in [1.165, 1.54) is 36.8 Å². The van der Waals surface area contributed by atoms with Gasteiger partial charge in [-0.15, -0.1) is 0 Å². The Morgan fingerprint density at radius 3 is 2.56 bits per heavy atom. The SMILES string of the molecule is Cc1ccc(CCC(=O)NCC2CCCC2)cc1. The first-order valence-electron chi connectivity index (χ1n) is 7.06. The third-order valence-electron chi connectivity index (χ3n) is 3.82. The topological polar surface area (TPSA) is 29.1 Å². The average molecular weight is 245 g/mol. The Morgan fingerprint density at radius 1 is 1.22 bits per heavy atom. The maximum atomic E-state index is 11.7. The number of rotatable bonds is 5. The van der Waals surface area contributed by atoms with Gasteiger partial charge in [0.1, 0.15) is 0 Å². The van der Waals surface area contributed by atoms with Gasteiger partial charge in [0.05, 0.1) is 0 Å². The molecule has 0 saturated heterocycles. The van der Waals surface area contributed by atoms with Crippen LogP contribution in [0.1, 0.15) is 43.2 Å². The van der Waals surface area contributed by atoms with Crippen molar-refractivity contribution in [3.8, 4) is 0 Å². The highest BCUT2D eigenvalue weighted by Crippen LogP contribution is 2.23. The van der Waals surface area contributed by atoms with E-state index in [0.717, 1.165) is 18.9 Å². The Balaban J connectivity index is 1.66. The van der Waals surface area contributed by atoms with E-state index in [4.69, 9.17) is 0 Å². The van der Waals surface area contributed by atoms with Gasteiger partial charge in [-0.1, -0.05) is 42.7 Å². The molecule has 1 amide bonds. The van der Waals surface area contributed by atoms with E-state index in [0.29, 0.717) is 6.42 Å². The lowest BCUT2D eigenvalue weighted by atomic mass is 10.1. The highest BCUT2D eigenvalue weighted by molar-refractivity contribution is 5.76. The molecule has 1 N–H and O–H groups in total. The molecule has 0 radical (unpaired) electrons. The van der Waals surface area contributed by atoms with Crippen LogP contribution in [-0.2, 0) is 11.2 Å². The molecule has 1 saturated carbocycles. The molecular formula is C16H23NO. The summed E-state index contributed by atoms with van der Waals surface area (Å²) in [6.07, 6.45) is 6.71. The number of carbonyl (C=O) groups excluding carboxylic acids is 1. The zero-order valence-electron chi connectivity index (χ0n) is 11.2. The molecule has 1 fully saturated rings. The first-order chi connectivity index (χ1) is 8.74. The van der Waals surface area contributed by atoms with Gasteiger partial charge in [-0.05, 0) is 37.7 Å². The third kappa shape index (κ3) is 4.17. The number of amides is 1. The Kier molecular flexibility index (Phi) is 4.80. The van der Waals surface area contributed by atoms with Crippen LogP contribution in [0.4, 0.5) is 0 Å². The van der Waals surface area contributed by atoms with Crippen molar-refractivity contribution in [2.45, 2.75) is 45.4 Å². The molecule has 1 aliphatic carbocycles. The molecule has 2 heteroatoms. The van der Waals surface area contributed by atoms with Crippen LogP contribution in [0.3, 0.4) is 0 Å². The summed E-state index contributed by atoms with van der Waals surface area (Å²) >= 11 is 0. The predicted octanol–water partition coefficient (Wildman–Crippen LogP) is 3.23. The fraction of sp³-hybridized carbons (Fsp3) is 0.562. The lowest BCUT2D eigenvalue weighted by Crippen LogP contribution is -2.28. The Morgan fingerprint density at radius 2 is 1.89 bits per heavy atom. The molecule has 0 aromatic heterocycles. The maximum Gasteiger partial charge on any atom is 0.220 e. The first-order valence-corrected chi connectivity index (χ1v) is 7.06. The van der Waals surface area contributed by atoms with Crippen LogP contribution in [0.2, 0.25) is 0 Å². The van der Waals surface area contributed by atoms with E-state index >= 15 is 0 Å². The summed E-state index contributed by atoms with van der Waals surface area (Å²) in [5.74, 6) is 0.927. The molecule has 1 aliphatic rings. The summed E-state index contributed by atoms with van der Waals surface area (Å²) in [7, 11) is 0. The largest absolute Gasteiger partial charge is 0.356 e. The highest BCUT2D eigenvalue weighted by atomic mass is 16.1. The lowest BCUT2D eigenvalue weighted by Gasteiger charge is -2.10. The summed E-state index contributed by atoms with van der Waals surface area (Å²) in [5, 5.41) is 3.07. The summed E-state index contributed by atoms with van der Waals surface area (Å²) in [6, 6.07) is 8.43. The molecule has 2 rings (SSSR count). The lowest BCUT2D eigenvalue weighted by molar-refractivity contribution is -0.121. The van der Waals surface area contributed by atoms with Gasteiger partial charge in [-0.3, -0.25) is 4.79 Å². The second kappa shape index (κ2) is 6.58. The van der Waals surface area contributed by atoms with E-state index in [-0.39, 0.29) is 5.91 Å². The van der Waals surface area contributed by atoms with Crippen molar-refractivity contribution in [2.24, 2.45) is 5.92 Å². The van der Waals surface area contributed by atoms with Gasteiger partial charge in [0, 0.05) is 13.0 Å². The summed E-state index contributed by atoms with van der Waals surface area (Å²) < 4.78 is 0. The number of hydrogen-bond donors (Lipinski definition) is 1. The van der Waals surface area contributed by atoms with Crippen LogP contribution < -0.4 is 5.32 Å². The minimum atomic E-state index is 0.197. The van der Waals surface area contributed by atoms with E-state index < -0.39 is 0 Å². The minimum Gasteiger partial charge on any atom is -0.356 e. The fourth-order valence-corrected chi connectivity index (χ4v) is 2.57. The van der Waals surface area contributed by atoms with Crippen LogP contribution in [0.5, 0.6) is 0 Å². The number of benzene rings is 1. The van der Waals surface area contributed by atoms with Gasteiger partial charge in [0.2, 0.25) is 5.91 Å². The Labute approximate surface area is 110 Å². The Hall–Kier alpha value is -1.31. The van der Waals surface area contributed by atoms with Gasteiger partial charge in [0.15, 0.2) is 0 Å². The summed E-state index contributed by atoms with van der Waals surface area (Å²) in [6.45, 7) is 2.96. The smallest absolute Gasteiger partial charge is 0.220 e. The van der Waals surface area contributed by atoms with Crippen LogP contribution in [0.15, 0.2) is 24.3 Å². The van der Waals surface area contributed by atoms with Crippen LogP contribution >= 0.6 is 0 Å². The molecule has 0 bridgehead atoms. The summed E-state index contributed by atoms with van der Waals surface area (Å²) in [4.78, 5) is 11.7.